The maximum Gasteiger partial charge on any atom is 0.417 e. The van der Waals surface area contributed by atoms with Crippen molar-refractivity contribution in [3.8, 4) is 5.75 Å². The monoisotopic (exact) mass is 633 g/mol. The van der Waals surface area contributed by atoms with E-state index in [0.29, 0.717) is 37.0 Å². The smallest absolute Gasteiger partial charge is 0.417 e. The number of aliphatic carboxylic acids is 1. The molecule has 2 unspecified atom stereocenters. The molecule has 0 bridgehead atoms. The number of nitrogens with zero attached hydrogens (tertiary/aromatic N) is 3. The van der Waals surface area contributed by atoms with Crippen LogP contribution in [-0.2, 0) is 21.4 Å². The molecule has 2 fully saturated rings. The Bertz CT molecular complexity index is 1370. The summed E-state index contributed by atoms with van der Waals surface area (Å²) in [5.74, 6) is -1.99. The number of benzene rings is 1. The van der Waals surface area contributed by atoms with Crippen LogP contribution < -0.4 is 4.74 Å². The first-order chi connectivity index (χ1) is 21.2. The lowest BCUT2D eigenvalue weighted by Crippen LogP contribution is -2.55. The molecule has 2 atom stereocenters. The number of pyridine rings is 1. The van der Waals surface area contributed by atoms with Gasteiger partial charge < -0.3 is 24.7 Å². The summed E-state index contributed by atoms with van der Waals surface area (Å²) in [6.07, 6.45) is 0.0617. The third-order valence-electron chi connectivity index (χ3n) is 9.15. The summed E-state index contributed by atoms with van der Waals surface area (Å²) >= 11 is 0. The molecule has 4 rings (SSSR count). The van der Waals surface area contributed by atoms with E-state index in [-0.39, 0.29) is 51.4 Å². The first-order valence-electron chi connectivity index (χ1n) is 15.5. The van der Waals surface area contributed by atoms with E-state index in [1.807, 2.05) is 6.92 Å². The Hall–Kier alpha value is -3.67. The van der Waals surface area contributed by atoms with Crippen LogP contribution in [0.15, 0.2) is 42.7 Å². The number of aromatic nitrogens is 1. The SMILES string of the molecule is CCCC1C(C(=O)N2CCC(O)(c3ccccc3OCCC(C)(C)C(=O)O)CC2)CCCN1C(=O)c1cnccc1C(F)(F)F. The molecule has 12 heteroatoms. The van der Waals surface area contributed by atoms with Crippen LogP contribution in [0.3, 0.4) is 0 Å². The van der Waals surface area contributed by atoms with E-state index >= 15 is 0 Å². The highest BCUT2D eigenvalue weighted by molar-refractivity contribution is 5.96. The zero-order valence-electron chi connectivity index (χ0n) is 26.0. The van der Waals surface area contributed by atoms with Gasteiger partial charge in [0, 0.05) is 43.6 Å². The fraction of sp³-hybridized carbons (Fsp3) is 0.576. The Balaban J connectivity index is 1.47. The Kier molecular flexibility index (Phi) is 10.5. The lowest BCUT2D eigenvalue weighted by Gasteiger charge is -2.45. The Morgan fingerprint density at radius 2 is 1.78 bits per heavy atom. The second-order valence-electron chi connectivity index (χ2n) is 12.7. The number of carboxylic acids is 1. The molecule has 0 aliphatic carbocycles. The van der Waals surface area contributed by atoms with E-state index in [0.717, 1.165) is 18.5 Å². The van der Waals surface area contributed by atoms with Crippen LogP contribution in [0.25, 0.3) is 0 Å². The highest BCUT2D eigenvalue weighted by Crippen LogP contribution is 2.40. The minimum Gasteiger partial charge on any atom is -0.493 e. The largest absolute Gasteiger partial charge is 0.493 e. The van der Waals surface area contributed by atoms with Crippen LogP contribution in [0.5, 0.6) is 5.75 Å². The second-order valence-corrected chi connectivity index (χ2v) is 12.7. The topological polar surface area (TPSA) is 120 Å². The molecule has 0 saturated carbocycles. The van der Waals surface area contributed by atoms with Gasteiger partial charge in [-0.2, -0.15) is 13.2 Å². The van der Waals surface area contributed by atoms with Gasteiger partial charge >= 0.3 is 12.1 Å². The minimum absolute atomic E-state index is 0.149. The number of carbonyl (C=O) groups is 3. The number of aliphatic hydroxyl groups is 1. The average molecular weight is 634 g/mol. The van der Waals surface area contributed by atoms with Crippen molar-refractivity contribution in [1.29, 1.82) is 0 Å². The highest BCUT2D eigenvalue weighted by atomic mass is 19.4. The van der Waals surface area contributed by atoms with Gasteiger partial charge in [-0.1, -0.05) is 31.5 Å². The number of hydrogen-bond acceptors (Lipinski definition) is 6. The number of amides is 2. The zero-order chi connectivity index (χ0) is 33.0. The molecule has 2 aromatic rings. The van der Waals surface area contributed by atoms with Gasteiger partial charge in [-0.3, -0.25) is 19.4 Å². The lowest BCUT2D eigenvalue weighted by molar-refractivity contribution is -0.147. The lowest BCUT2D eigenvalue weighted by atomic mass is 9.81. The van der Waals surface area contributed by atoms with Gasteiger partial charge in [0.15, 0.2) is 0 Å². The van der Waals surface area contributed by atoms with Crippen molar-refractivity contribution in [3.63, 3.8) is 0 Å². The quantitative estimate of drug-likeness (QED) is 0.354. The molecule has 246 valence electrons. The van der Waals surface area contributed by atoms with E-state index in [9.17, 15) is 37.8 Å². The number of likely N-dealkylation sites (tertiary alicyclic amines) is 2. The number of ether oxygens (including phenoxy) is 1. The number of carboxylic acid groups (broad SMARTS) is 1. The molecule has 2 N–H and O–H groups in total. The zero-order valence-corrected chi connectivity index (χ0v) is 26.0. The summed E-state index contributed by atoms with van der Waals surface area (Å²) < 4.78 is 47.1. The minimum atomic E-state index is -4.72. The van der Waals surface area contributed by atoms with E-state index in [1.54, 1.807) is 43.0 Å². The predicted molar refractivity (Wildman–Crippen MR) is 159 cm³/mol. The molecule has 2 amide bonds. The predicted octanol–water partition coefficient (Wildman–Crippen LogP) is 5.51. The molecular weight excluding hydrogens is 591 g/mol. The van der Waals surface area contributed by atoms with Crippen LogP contribution in [0.1, 0.15) is 87.2 Å². The fourth-order valence-corrected chi connectivity index (χ4v) is 6.32. The molecule has 1 aromatic carbocycles. The second kappa shape index (κ2) is 13.8. The number of hydrogen-bond donors (Lipinski definition) is 2. The summed E-state index contributed by atoms with van der Waals surface area (Å²) in [7, 11) is 0. The van der Waals surface area contributed by atoms with Crippen molar-refractivity contribution < 1.29 is 42.5 Å². The number of alkyl halides is 3. The molecule has 2 aliphatic rings. The van der Waals surface area contributed by atoms with E-state index < -0.39 is 52.2 Å². The molecular formula is C33H42F3N3O6. The maximum absolute atomic E-state index is 13.9. The van der Waals surface area contributed by atoms with Crippen LogP contribution in [0.2, 0.25) is 0 Å². The Morgan fingerprint density at radius 3 is 2.42 bits per heavy atom. The summed E-state index contributed by atoms with van der Waals surface area (Å²) in [4.78, 5) is 45.8. The van der Waals surface area contributed by atoms with Crippen molar-refractivity contribution in [1.82, 2.24) is 14.8 Å². The first kappa shape index (κ1) is 34.2. The normalized spacial score (nSPS) is 20.5. The molecule has 2 saturated heterocycles. The summed E-state index contributed by atoms with van der Waals surface area (Å²) in [6, 6.07) is 7.29. The molecule has 1 aromatic heterocycles. The number of halogens is 3. The third kappa shape index (κ3) is 7.59. The molecule has 2 aliphatic heterocycles. The molecule has 9 nitrogen and oxygen atoms in total. The summed E-state index contributed by atoms with van der Waals surface area (Å²) in [5, 5.41) is 21.1. The van der Waals surface area contributed by atoms with Gasteiger partial charge in [-0.05, 0) is 64.5 Å². The molecule has 45 heavy (non-hydrogen) atoms. The van der Waals surface area contributed by atoms with Crippen LogP contribution in [-0.4, -0.2) is 75.1 Å². The van der Waals surface area contributed by atoms with Crippen molar-refractivity contribution in [2.75, 3.05) is 26.2 Å². The molecule has 0 radical (unpaired) electrons. The van der Waals surface area contributed by atoms with E-state index in [2.05, 4.69) is 4.98 Å². The summed E-state index contributed by atoms with van der Waals surface area (Å²) in [6.45, 7) is 6.05. The number of para-hydroxylation sites is 1. The number of rotatable bonds is 10. The fourth-order valence-electron chi connectivity index (χ4n) is 6.32. The number of carbonyl (C=O) groups excluding carboxylic acids is 2. The summed E-state index contributed by atoms with van der Waals surface area (Å²) in [5.41, 5.74) is -3.24. The maximum atomic E-state index is 13.9. The number of piperidine rings is 2. The van der Waals surface area contributed by atoms with Gasteiger partial charge in [0.2, 0.25) is 5.91 Å². The third-order valence-corrected chi connectivity index (χ3v) is 9.15. The molecule has 0 spiro atoms. The van der Waals surface area contributed by atoms with Gasteiger partial charge in [0.25, 0.3) is 5.91 Å². The van der Waals surface area contributed by atoms with Gasteiger partial charge in [0.05, 0.1) is 34.7 Å². The Morgan fingerprint density at radius 1 is 1.09 bits per heavy atom. The van der Waals surface area contributed by atoms with Gasteiger partial charge in [0.1, 0.15) is 5.75 Å². The van der Waals surface area contributed by atoms with Gasteiger partial charge in [-0.25, -0.2) is 0 Å². The van der Waals surface area contributed by atoms with E-state index in [4.69, 9.17) is 4.74 Å². The highest BCUT2D eigenvalue weighted by Gasteiger charge is 2.44. The van der Waals surface area contributed by atoms with Crippen molar-refractivity contribution >= 4 is 17.8 Å². The van der Waals surface area contributed by atoms with Gasteiger partial charge in [-0.15, -0.1) is 0 Å². The standard InChI is InChI=1S/C33H42F3N3O6/c1-4-8-26-22(9-7-17-39(26)29(41)23-21-37-16-12-24(23)33(34,35)36)28(40)38-18-13-32(44,14-19-38)25-10-5-6-11-27(25)45-20-15-31(2,3)30(42)43/h5-6,10-12,16,21-22,26,44H,4,7-9,13-15,17-20H2,1-3H3,(H,42,43). The van der Waals surface area contributed by atoms with Crippen LogP contribution in [0, 0.1) is 11.3 Å². The van der Waals surface area contributed by atoms with Crippen molar-refractivity contribution in [2.24, 2.45) is 11.3 Å². The van der Waals surface area contributed by atoms with Crippen molar-refractivity contribution in [3.05, 3.63) is 59.4 Å². The van der Waals surface area contributed by atoms with Crippen LogP contribution in [0.4, 0.5) is 13.2 Å². The van der Waals surface area contributed by atoms with Crippen molar-refractivity contribution in [2.45, 2.75) is 83.5 Å². The van der Waals surface area contributed by atoms with Crippen LogP contribution >= 0.6 is 0 Å². The first-order valence-corrected chi connectivity index (χ1v) is 15.5. The average Bonchev–Trinajstić information content (AvgIpc) is 3.00. The Labute approximate surface area is 261 Å². The van der Waals surface area contributed by atoms with E-state index in [1.165, 1.54) is 4.90 Å². The molecule has 3 heterocycles.